The third kappa shape index (κ3) is 5.41. The molecule has 0 atom stereocenters. The van der Waals surface area contributed by atoms with Crippen LogP contribution in [-0.4, -0.2) is 64.4 Å². The highest BCUT2D eigenvalue weighted by Gasteiger charge is 2.29. The summed E-state index contributed by atoms with van der Waals surface area (Å²) in [6.45, 7) is 6.37. The maximum absolute atomic E-state index is 12.4. The smallest absolute Gasteiger partial charge is 0.271 e. The molecule has 2 aliphatic heterocycles. The van der Waals surface area contributed by atoms with Crippen LogP contribution in [0.2, 0.25) is 0 Å². The van der Waals surface area contributed by atoms with E-state index in [4.69, 9.17) is 0 Å². The number of hydrogen-bond donors (Lipinski definition) is 2. The molecule has 0 aromatic carbocycles. The Kier molecular flexibility index (Phi) is 6.82. The number of anilines is 1. The Hall–Kier alpha value is -2.93. The lowest BCUT2D eigenvalue weighted by molar-refractivity contribution is -0.129. The fourth-order valence-electron chi connectivity index (χ4n) is 4.13. The number of amides is 1. The van der Waals surface area contributed by atoms with E-state index in [2.05, 4.69) is 27.1 Å². The molecule has 2 aliphatic rings. The van der Waals surface area contributed by atoms with Crippen LogP contribution in [0.1, 0.15) is 31.9 Å². The molecule has 7 heteroatoms. The Morgan fingerprint density at radius 3 is 2.81 bits per heavy atom. The van der Waals surface area contributed by atoms with Crippen LogP contribution in [0.5, 0.6) is 0 Å². The van der Waals surface area contributed by atoms with Gasteiger partial charge in [-0.2, -0.15) is 0 Å². The molecule has 2 saturated heterocycles. The highest BCUT2D eigenvalue weighted by atomic mass is 16.2. The number of likely N-dealkylation sites (tertiary alicyclic amines) is 2. The molecule has 0 radical (unpaired) electrons. The molecule has 2 aromatic rings. The molecular weight excluding hydrogens is 390 g/mol. The zero-order chi connectivity index (χ0) is 21.6. The summed E-state index contributed by atoms with van der Waals surface area (Å²) in [6, 6.07) is 5.93. The molecule has 1 amide bonds. The second-order valence-electron chi connectivity index (χ2n) is 8.37. The Balaban J connectivity index is 1.30. The predicted octanol–water partition coefficient (Wildman–Crippen LogP) is 2.66. The number of H-pyrrole nitrogens is 1. The molecule has 2 fully saturated rings. The predicted molar refractivity (Wildman–Crippen MR) is 123 cm³/mol. The van der Waals surface area contributed by atoms with Gasteiger partial charge < -0.3 is 15.2 Å². The minimum absolute atomic E-state index is 0.0431. The maximum atomic E-state index is 12.4. The van der Waals surface area contributed by atoms with Crippen molar-refractivity contribution in [2.45, 2.75) is 38.6 Å². The molecular formula is C24H31N5O2. The Bertz CT molecular complexity index is 987. The fourth-order valence-corrected chi connectivity index (χ4v) is 4.13. The molecule has 4 heterocycles. The van der Waals surface area contributed by atoms with Crippen molar-refractivity contribution in [2.75, 3.05) is 38.0 Å². The summed E-state index contributed by atoms with van der Waals surface area (Å²) in [6.07, 6.45) is 11.9. The third-order valence-corrected chi connectivity index (χ3v) is 6.04. The van der Waals surface area contributed by atoms with Gasteiger partial charge in [-0.15, -0.1) is 0 Å². The first-order chi connectivity index (χ1) is 15.1. The maximum Gasteiger partial charge on any atom is 0.271 e. The van der Waals surface area contributed by atoms with E-state index in [9.17, 15) is 9.59 Å². The SMILES string of the molecule is CCc1cc(-c2c[nH]c(=O)c(NC3CN(C(=O)/C=C/CN4CCCCC4)C3)c2)ccn1. The zero-order valence-corrected chi connectivity index (χ0v) is 18.1. The number of carbonyl (C=O) groups excluding carboxylic acids is 1. The van der Waals surface area contributed by atoms with Gasteiger partial charge in [0, 0.05) is 49.4 Å². The van der Waals surface area contributed by atoms with E-state index in [1.807, 2.05) is 24.3 Å². The number of aromatic nitrogens is 2. The molecule has 0 saturated carbocycles. The largest absolute Gasteiger partial charge is 0.374 e. The third-order valence-electron chi connectivity index (χ3n) is 6.04. The van der Waals surface area contributed by atoms with E-state index >= 15 is 0 Å². The lowest BCUT2D eigenvalue weighted by atomic mass is 10.1. The molecule has 2 N–H and O–H groups in total. The van der Waals surface area contributed by atoms with Gasteiger partial charge in [0.15, 0.2) is 0 Å². The lowest BCUT2D eigenvalue weighted by Crippen LogP contribution is -2.57. The highest BCUT2D eigenvalue weighted by Crippen LogP contribution is 2.22. The van der Waals surface area contributed by atoms with Crippen LogP contribution in [0.25, 0.3) is 11.1 Å². The van der Waals surface area contributed by atoms with Crippen molar-refractivity contribution in [1.82, 2.24) is 19.8 Å². The quantitative estimate of drug-likeness (QED) is 0.672. The number of carbonyl (C=O) groups is 1. The van der Waals surface area contributed by atoms with Crippen LogP contribution >= 0.6 is 0 Å². The van der Waals surface area contributed by atoms with E-state index in [1.165, 1.54) is 19.3 Å². The molecule has 0 aliphatic carbocycles. The molecule has 7 nitrogen and oxygen atoms in total. The van der Waals surface area contributed by atoms with E-state index < -0.39 is 0 Å². The van der Waals surface area contributed by atoms with Gasteiger partial charge in [-0.3, -0.25) is 19.5 Å². The first-order valence-electron chi connectivity index (χ1n) is 11.2. The standard InChI is InChI=1S/C24H31N5O2/c1-2-20-13-18(8-9-25-20)19-14-22(24(31)26-15-19)27-21-16-29(17-21)23(30)7-6-12-28-10-4-3-5-11-28/h6-9,13-15,21,27H,2-5,10-12,16-17H2,1H3,(H,26,31)/b7-6+. The van der Waals surface area contributed by atoms with Gasteiger partial charge in [0.2, 0.25) is 5.91 Å². The van der Waals surface area contributed by atoms with Crippen molar-refractivity contribution in [1.29, 1.82) is 0 Å². The molecule has 0 unspecified atom stereocenters. The fraction of sp³-hybridized carbons (Fsp3) is 0.458. The highest BCUT2D eigenvalue weighted by molar-refractivity contribution is 5.88. The summed E-state index contributed by atoms with van der Waals surface area (Å²) in [5.41, 5.74) is 3.35. The number of nitrogens with one attached hydrogen (secondary N) is 2. The summed E-state index contributed by atoms with van der Waals surface area (Å²) in [5, 5.41) is 3.29. The van der Waals surface area contributed by atoms with Crippen molar-refractivity contribution >= 4 is 11.6 Å². The van der Waals surface area contributed by atoms with Gasteiger partial charge in [0.1, 0.15) is 5.69 Å². The van der Waals surface area contributed by atoms with E-state index in [0.717, 1.165) is 42.9 Å². The van der Waals surface area contributed by atoms with Gasteiger partial charge >= 0.3 is 0 Å². The summed E-state index contributed by atoms with van der Waals surface area (Å²) in [4.78, 5) is 36.0. The summed E-state index contributed by atoms with van der Waals surface area (Å²) >= 11 is 0. The Morgan fingerprint density at radius 1 is 1.23 bits per heavy atom. The minimum Gasteiger partial charge on any atom is -0.374 e. The van der Waals surface area contributed by atoms with Crippen LogP contribution in [0, 0.1) is 0 Å². The van der Waals surface area contributed by atoms with Crippen LogP contribution < -0.4 is 10.9 Å². The summed E-state index contributed by atoms with van der Waals surface area (Å²) in [7, 11) is 0. The number of nitrogens with zero attached hydrogens (tertiary/aromatic N) is 3. The van der Waals surface area contributed by atoms with Crippen LogP contribution in [0.4, 0.5) is 5.69 Å². The Morgan fingerprint density at radius 2 is 2.03 bits per heavy atom. The topological polar surface area (TPSA) is 81.3 Å². The van der Waals surface area contributed by atoms with E-state index in [-0.39, 0.29) is 17.5 Å². The first-order valence-corrected chi connectivity index (χ1v) is 11.2. The summed E-state index contributed by atoms with van der Waals surface area (Å²) in [5.74, 6) is 0.0431. The molecule has 0 spiro atoms. The van der Waals surface area contributed by atoms with Gasteiger partial charge in [-0.25, -0.2) is 0 Å². The molecule has 164 valence electrons. The van der Waals surface area contributed by atoms with Crippen molar-refractivity contribution in [3.8, 4) is 11.1 Å². The number of hydrogen-bond acceptors (Lipinski definition) is 5. The monoisotopic (exact) mass is 421 g/mol. The molecule has 31 heavy (non-hydrogen) atoms. The minimum atomic E-state index is -0.153. The van der Waals surface area contributed by atoms with Crippen molar-refractivity contribution in [2.24, 2.45) is 0 Å². The van der Waals surface area contributed by atoms with Crippen molar-refractivity contribution in [3.05, 3.63) is 58.8 Å². The lowest BCUT2D eigenvalue weighted by Gasteiger charge is -2.39. The molecule has 4 rings (SSSR count). The normalized spacial score (nSPS) is 17.6. The zero-order valence-electron chi connectivity index (χ0n) is 18.1. The Labute approximate surface area is 183 Å². The van der Waals surface area contributed by atoms with E-state index in [1.54, 1.807) is 23.4 Å². The van der Waals surface area contributed by atoms with Crippen molar-refractivity contribution < 1.29 is 4.79 Å². The number of aryl methyl sites for hydroxylation is 1. The second-order valence-corrected chi connectivity index (χ2v) is 8.37. The summed E-state index contributed by atoms with van der Waals surface area (Å²) < 4.78 is 0. The van der Waals surface area contributed by atoms with Crippen LogP contribution in [0.15, 0.2) is 47.5 Å². The molecule has 0 bridgehead atoms. The van der Waals surface area contributed by atoms with Gasteiger partial charge in [-0.05, 0) is 56.1 Å². The number of piperidine rings is 1. The number of pyridine rings is 2. The van der Waals surface area contributed by atoms with Gasteiger partial charge in [0.25, 0.3) is 5.56 Å². The first kappa shape index (κ1) is 21.3. The number of rotatable bonds is 7. The van der Waals surface area contributed by atoms with E-state index in [0.29, 0.717) is 18.8 Å². The average Bonchev–Trinajstić information content (AvgIpc) is 2.77. The van der Waals surface area contributed by atoms with Crippen LogP contribution in [0.3, 0.4) is 0 Å². The average molecular weight is 422 g/mol. The van der Waals surface area contributed by atoms with Crippen molar-refractivity contribution in [3.63, 3.8) is 0 Å². The van der Waals surface area contributed by atoms with Gasteiger partial charge in [-0.1, -0.05) is 19.4 Å². The molecule has 2 aromatic heterocycles. The van der Waals surface area contributed by atoms with Crippen LogP contribution in [-0.2, 0) is 11.2 Å². The second kappa shape index (κ2) is 9.92. The number of aromatic amines is 1. The van der Waals surface area contributed by atoms with Gasteiger partial charge in [0.05, 0.1) is 6.04 Å².